The zero-order chi connectivity index (χ0) is 13.0. The Bertz CT molecular complexity index is 605. The van der Waals surface area contributed by atoms with Crippen LogP contribution < -0.4 is 0 Å². The normalized spacial score (nSPS) is 11.6. The number of hydrogen-bond donors (Lipinski definition) is 0. The summed E-state index contributed by atoms with van der Waals surface area (Å²) < 4.78 is 0. The summed E-state index contributed by atoms with van der Waals surface area (Å²) in [4.78, 5) is 16.0. The van der Waals surface area contributed by atoms with Crippen molar-refractivity contribution in [2.75, 3.05) is 0 Å². The molecule has 1 aromatic carbocycles. The van der Waals surface area contributed by atoms with Gasteiger partial charge in [-0.05, 0) is 17.7 Å². The number of carbonyl (C=O) groups excluding carboxylic acids is 1. The van der Waals surface area contributed by atoms with Crippen LogP contribution in [0.3, 0.4) is 0 Å². The van der Waals surface area contributed by atoms with E-state index < -0.39 is 5.92 Å². The Hall–Kier alpha value is -2.18. The predicted octanol–water partition coefficient (Wildman–Crippen LogP) is 3.23. The van der Waals surface area contributed by atoms with Gasteiger partial charge in [-0.1, -0.05) is 41.9 Å². The summed E-state index contributed by atoms with van der Waals surface area (Å²) in [6.45, 7) is 0. The molecule has 0 aliphatic rings. The first-order chi connectivity index (χ1) is 8.72. The van der Waals surface area contributed by atoms with Gasteiger partial charge in [-0.25, -0.2) is 4.98 Å². The first kappa shape index (κ1) is 12.3. The van der Waals surface area contributed by atoms with E-state index in [1.54, 1.807) is 30.3 Å². The number of halogens is 1. The highest BCUT2D eigenvalue weighted by Crippen LogP contribution is 2.21. The van der Waals surface area contributed by atoms with Gasteiger partial charge in [0.25, 0.3) is 0 Å². The van der Waals surface area contributed by atoms with Crippen molar-refractivity contribution >= 4 is 17.4 Å². The van der Waals surface area contributed by atoms with Crippen LogP contribution in [0.1, 0.15) is 21.8 Å². The lowest BCUT2D eigenvalue weighted by molar-refractivity contribution is 0.0979. The molecule has 0 spiro atoms. The van der Waals surface area contributed by atoms with Crippen molar-refractivity contribution in [3.8, 4) is 6.07 Å². The van der Waals surface area contributed by atoms with Gasteiger partial charge in [0.05, 0.1) is 6.07 Å². The van der Waals surface area contributed by atoms with Gasteiger partial charge < -0.3 is 0 Å². The van der Waals surface area contributed by atoms with Gasteiger partial charge in [-0.3, -0.25) is 4.79 Å². The first-order valence-electron chi connectivity index (χ1n) is 5.32. The number of nitriles is 1. The Balaban J connectivity index is 2.36. The van der Waals surface area contributed by atoms with Crippen LogP contribution in [0, 0.1) is 11.3 Å². The van der Waals surface area contributed by atoms with E-state index in [0.717, 1.165) is 0 Å². The number of ketones is 1. The van der Waals surface area contributed by atoms with Crippen molar-refractivity contribution < 1.29 is 4.79 Å². The molecule has 0 aliphatic carbocycles. The maximum absolute atomic E-state index is 12.2. The molecule has 18 heavy (non-hydrogen) atoms. The van der Waals surface area contributed by atoms with Crippen molar-refractivity contribution in [1.29, 1.82) is 5.26 Å². The molecule has 0 aliphatic heterocycles. The molecule has 2 rings (SSSR count). The summed E-state index contributed by atoms with van der Waals surface area (Å²) in [6, 6.07) is 14.0. The lowest BCUT2D eigenvalue weighted by atomic mass is 9.92. The Morgan fingerprint density at radius 3 is 2.61 bits per heavy atom. The van der Waals surface area contributed by atoms with Crippen molar-refractivity contribution in [3.63, 3.8) is 0 Å². The highest BCUT2D eigenvalue weighted by molar-refractivity contribution is 6.29. The molecule has 0 radical (unpaired) electrons. The van der Waals surface area contributed by atoms with E-state index in [-0.39, 0.29) is 10.9 Å². The molecule has 0 saturated carbocycles. The first-order valence-corrected chi connectivity index (χ1v) is 5.70. The third-order valence-corrected chi connectivity index (χ3v) is 2.74. The molecule has 0 N–H and O–H groups in total. The maximum Gasteiger partial charge on any atom is 0.184 e. The van der Waals surface area contributed by atoms with Crippen molar-refractivity contribution in [1.82, 2.24) is 4.98 Å². The SMILES string of the molecule is N#CC(C(=O)c1ccnc(Cl)c1)c1ccccc1. The highest BCUT2D eigenvalue weighted by atomic mass is 35.5. The minimum absolute atomic E-state index is 0.241. The van der Waals surface area contributed by atoms with Gasteiger partial charge >= 0.3 is 0 Å². The molecule has 1 heterocycles. The fraction of sp³-hybridized carbons (Fsp3) is 0.0714. The molecule has 0 saturated heterocycles. The van der Waals surface area contributed by atoms with Gasteiger partial charge in [-0.15, -0.1) is 0 Å². The molecule has 1 aromatic heterocycles. The number of Topliss-reactive ketones (excluding diaryl/α,β-unsaturated/α-hetero) is 1. The molecule has 2 aromatic rings. The van der Waals surface area contributed by atoms with Crippen LogP contribution in [-0.4, -0.2) is 10.8 Å². The van der Waals surface area contributed by atoms with E-state index in [4.69, 9.17) is 16.9 Å². The highest BCUT2D eigenvalue weighted by Gasteiger charge is 2.21. The Morgan fingerprint density at radius 1 is 1.28 bits per heavy atom. The van der Waals surface area contributed by atoms with Crippen LogP contribution in [0.2, 0.25) is 5.15 Å². The van der Waals surface area contributed by atoms with E-state index in [1.165, 1.54) is 12.3 Å². The van der Waals surface area contributed by atoms with E-state index in [2.05, 4.69) is 4.98 Å². The fourth-order valence-electron chi connectivity index (χ4n) is 1.65. The lowest BCUT2D eigenvalue weighted by Gasteiger charge is -2.08. The van der Waals surface area contributed by atoms with Crippen molar-refractivity contribution in [2.45, 2.75) is 5.92 Å². The zero-order valence-corrected chi connectivity index (χ0v) is 10.1. The summed E-state index contributed by atoms with van der Waals surface area (Å²) in [6.07, 6.45) is 1.45. The summed E-state index contributed by atoms with van der Waals surface area (Å²) in [7, 11) is 0. The van der Waals surface area contributed by atoms with Crippen LogP contribution in [0.25, 0.3) is 0 Å². The van der Waals surface area contributed by atoms with Crippen LogP contribution in [0.5, 0.6) is 0 Å². The molecule has 3 nitrogen and oxygen atoms in total. The Morgan fingerprint density at radius 2 is 2.00 bits per heavy atom. The summed E-state index contributed by atoms with van der Waals surface area (Å²) in [5.41, 5.74) is 1.07. The van der Waals surface area contributed by atoms with Gasteiger partial charge in [0.15, 0.2) is 5.78 Å². The molecular formula is C14H9ClN2O. The maximum atomic E-state index is 12.2. The summed E-state index contributed by atoms with van der Waals surface area (Å²) in [5.74, 6) is -1.09. The zero-order valence-electron chi connectivity index (χ0n) is 9.38. The number of pyridine rings is 1. The number of hydrogen-bond acceptors (Lipinski definition) is 3. The van der Waals surface area contributed by atoms with Crippen molar-refractivity contribution in [2.24, 2.45) is 0 Å². The second kappa shape index (κ2) is 5.44. The average molecular weight is 257 g/mol. The van der Waals surface area contributed by atoms with Gasteiger partial charge in [0, 0.05) is 11.8 Å². The topological polar surface area (TPSA) is 53.8 Å². The Labute approximate surface area is 110 Å². The molecule has 88 valence electrons. The van der Waals surface area contributed by atoms with Crippen LogP contribution in [0.4, 0.5) is 0 Å². The lowest BCUT2D eigenvalue weighted by Crippen LogP contribution is -2.11. The van der Waals surface area contributed by atoms with Crippen molar-refractivity contribution in [3.05, 3.63) is 64.9 Å². The van der Waals surface area contributed by atoms with E-state index in [0.29, 0.717) is 11.1 Å². The number of nitrogens with zero attached hydrogens (tertiary/aromatic N) is 2. The quantitative estimate of drug-likeness (QED) is 0.626. The monoisotopic (exact) mass is 256 g/mol. The van der Waals surface area contributed by atoms with Gasteiger partial charge in [0.1, 0.15) is 11.1 Å². The molecule has 1 atom stereocenters. The van der Waals surface area contributed by atoms with E-state index in [9.17, 15) is 4.79 Å². The molecule has 4 heteroatoms. The molecule has 1 unspecified atom stereocenters. The molecule has 0 amide bonds. The minimum atomic E-state index is -0.815. The smallest absolute Gasteiger partial charge is 0.184 e. The number of benzene rings is 1. The number of carbonyl (C=O) groups is 1. The summed E-state index contributed by atoms with van der Waals surface area (Å²) in [5, 5.41) is 9.40. The summed E-state index contributed by atoms with van der Waals surface area (Å²) >= 11 is 5.74. The molecular weight excluding hydrogens is 248 g/mol. The second-order valence-electron chi connectivity index (χ2n) is 3.70. The minimum Gasteiger partial charge on any atom is -0.292 e. The largest absolute Gasteiger partial charge is 0.292 e. The third kappa shape index (κ3) is 2.55. The number of rotatable bonds is 3. The van der Waals surface area contributed by atoms with Gasteiger partial charge in [0.2, 0.25) is 0 Å². The second-order valence-corrected chi connectivity index (χ2v) is 4.09. The van der Waals surface area contributed by atoms with E-state index in [1.807, 2.05) is 12.1 Å². The van der Waals surface area contributed by atoms with Gasteiger partial charge in [-0.2, -0.15) is 5.26 Å². The average Bonchev–Trinajstić information content (AvgIpc) is 2.41. The number of aromatic nitrogens is 1. The third-order valence-electron chi connectivity index (χ3n) is 2.54. The molecule has 0 bridgehead atoms. The predicted molar refractivity (Wildman–Crippen MR) is 68.4 cm³/mol. The van der Waals surface area contributed by atoms with E-state index >= 15 is 0 Å². The van der Waals surface area contributed by atoms with Crippen LogP contribution in [-0.2, 0) is 0 Å². The Kier molecular flexibility index (Phi) is 3.71. The fourth-order valence-corrected chi connectivity index (χ4v) is 1.83. The standard InChI is InChI=1S/C14H9ClN2O/c15-13-8-11(6-7-17-13)14(18)12(9-16)10-4-2-1-3-5-10/h1-8,12H. The van der Waals surface area contributed by atoms with Crippen LogP contribution >= 0.6 is 11.6 Å². The van der Waals surface area contributed by atoms with Crippen LogP contribution in [0.15, 0.2) is 48.7 Å². The molecule has 0 fully saturated rings.